The summed E-state index contributed by atoms with van der Waals surface area (Å²) in [6.45, 7) is 4.58. The Morgan fingerprint density at radius 2 is 2.14 bits per heavy atom. The van der Waals surface area contributed by atoms with E-state index in [2.05, 4.69) is 15.3 Å². The van der Waals surface area contributed by atoms with Gasteiger partial charge in [0.15, 0.2) is 0 Å². The minimum atomic E-state index is 0.184. The fourth-order valence-electron chi connectivity index (χ4n) is 2.37. The third-order valence-electron chi connectivity index (χ3n) is 3.30. The summed E-state index contributed by atoms with van der Waals surface area (Å²) in [6, 6.07) is 3.96. The summed E-state index contributed by atoms with van der Waals surface area (Å²) in [5.74, 6) is 1.65. The quantitative estimate of drug-likeness (QED) is 0.664. The minimum absolute atomic E-state index is 0.184. The van der Waals surface area contributed by atoms with E-state index in [1.807, 2.05) is 26.0 Å². The lowest BCUT2D eigenvalue weighted by molar-refractivity contribution is 0.254. The predicted octanol–water partition coefficient (Wildman–Crippen LogP) is 3.21. The maximum Gasteiger partial charge on any atom is 0.215 e. The van der Waals surface area contributed by atoms with E-state index in [9.17, 15) is 0 Å². The number of fused-ring (bicyclic) bond motifs is 1. The van der Waals surface area contributed by atoms with Crippen molar-refractivity contribution in [2.45, 2.75) is 26.4 Å². The van der Waals surface area contributed by atoms with E-state index in [1.165, 1.54) is 4.68 Å². The lowest BCUT2D eigenvalue weighted by Gasteiger charge is -2.09. The van der Waals surface area contributed by atoms with Crippen LogP contribution in [0.4, 0.5) is 0 Å². The Morgan fingerprint density at radius 1 is 1.41 bits per heavy atom. The molecule has 1 aliphatic rings. The van der Waals surface area contributed by atoms with Gasteiger partial charge in [-0.05, 0) is 50.4 Å². The van der Waals surface area contributed by atoms with Crippen LogP contribution in [0.2, 0.25) is 0 Å². The Hall–Kier alpha value is -1.93. The zero-order valence-corrected chi connectivity index (χ0v) is 13.9. The van der Waals surface area contributed by atoms with Crippen LogP contribution in [0.15, 0.2) is 17.2 Å². The fourth-order valence-corrected chi connectivity index (χ4v) is 2.80. The highest BCUT2D eigenvalue weighted by atomic mass is 32.1. The Labute approximate surface area is 137 Å². The van der Waals surface area contributed by atoms with E-state index in [4.69, 9.17) is 33.9 Å². The van der Waals surface area contributed by atoms with Crippen molar-refractivity contribution in [1.29, 1.82) is 0 Å². The van der Waals surface area contributed by atoms with Gasteiger partial charge in [-0.3, -0.25) is 10.2 Å². The van der Waals surface area contributed by atoms with Crippen molar-refractivity contribution in [3.63, 3.8) is 0 Å². The zero-order valence-electron chi connectivity index (χ0n) is 12.3. The van der Waals surface area contributed by atoms with E-state index in [-0.39, 0.29) is 6.10 Å². The second-order valence-electron chi connectivity index (χ2n) is 4.98. The van der Waals surface area contributed by atoms with E-state index in [0.29, 0.717) is 16.1 Å². The van der Waals surface area contributed by atoms with Crippen molar-refractivity contribution in [3.05, 3.63) is 32.8 Å². The van der Waals surface area contributed by atoms with Crippen LogP contribution in [-0.4, -0.2) is 33.8 Å². The minimum Gasteiger partial charge on any atom is -0.493 e. The molecule has 1 aromatic heterocycles. The molecule has 0 radical (unpaired) electrons. The molecule has 1 atom stereocenters. The average Bonchev–Trinajstić information content (AvgIpc) is 2.99. The lowest BCUT2D eigenvalue weighted by atomic mass is 10.1. The summed E-state index contributed by atoms with van der Waals surface area (Å²) in [6.07, 6.45) is 2.75. The summed E-state index contributed by atoms with van der Waals surface area (Å²) in [4.78, 5) is 0. The number of ether oxygens (including phenoxy) is 2. The van der Waals surface area contributed by atoms with Gasteiger partial charge in [0.25, 0.3) is 0 Å². The van der Waals surface area contributed by atoms with Crippen molar-refractivity contribution in [2.75, 3.05) is 6.61 Å². The molecule has 1 aliphatic heterocycles. The highest BCUT2D eigenvalue weighted by Gasteiger charge is 2.21. The van der Waals surface area contributed by atoms with Crippen molar-refractivity contribution in [2.24, 2.45) is 5.10 Å². The van der Waals surface area contributed by atoms with Gasteiger partial charge in [-0.25, -0.2) is 0 Å². The van der Waals surface area contributed by atoms with E-state index in [1.54, 1.807) is 6.21 Å². The smallest absolute Gasteiger partial charge is 0.215 e. The van der Waals surface area contributed by atoms with E-state index in [0.717, 1.165) is 29.0 Å². The Kier molecular flexibility index (Phi) is 4.12. The van der Waals surface area contributed by atoms with Gasteiger partial charge in [-0.1, -0.05) is 0 Å². The van der Waals surface area contributed by atoms with Crippen LogP contribution in [0.3, 0.4) is 0 Å². The van der Waals surface area contributed by atoms with Gasteiger partial charge in [0.2, 0.25) is 9.54 Å². The standard InChI is InChI=1S/C14H16N4O2S2/c1-3-19-11-5-9-4-8(2)20-12(9)6-10(11)7-15-18-13(21)16-17-14(18)22/h5-8H,3-4H2,1-2H3,(H,16,21)(H,17,22)/b15-7-/t8-/m1/s1. The largest absolute Gasteiger partial charge is 0.493 e. The fraction of sp³-hybridized carbons (Fsp3) is 0.357. The summed E-state index contributed by atoms with van der Waals surface area (Å²) in [5.41, 5.74) is 1.98. The van der Waals surface area contributed by atoms with Crippen LogP contribution >= 0.6 is 24.4 Å². The molecule has 2 N–H and O–H groups in total. The number of benzene rings is 1. The zero-order chi connectivity index (χ0) is 15.7. The first-order valence-corrected chi connectivity index (χ1v) is 7.80. The molecule has 8 heteroatoms. The van der Waals surface area contributed by atoms with Gasteiger partial charge >= 0.3 is 0 Å². The number of hydrogen-bond acceptors (Lipinski definition) is 5. The molecule has 0 saturated heterocycles. The maximum absolute atomic E-state index is 5.79. The van der Waals surface area contributed by atoms with Gasteiger partial charge in [0, 0.05) is 17.5 Å². The molecule has 22 heavy (non-hydrogen) atoms. The molecule has 116 valence electrons. The monoisotopic (exact) mass is 336 g/mol. The third kappa shape index (κ3) is 2.84. The first kappa shape index (κ1) is 15.0. The topological polar surface area (TPSA) is 67.3 Å². The van der Waals surface area contributed by atoms with E-state index >= 15 is 0 Å². The van der Waals surface area contributed by atoms with Crippen molar-refractivity contribution < 1.29 is 9.47 Å². The number of aromatic amines is 2. The van der Waals surface area contributed by atoms with Crippen molar-refractivity contribution in [1.82, 2.24) is 14.9 Å². The van der Waals surface area contributed by atoms with Crippen LogP contribution in [0.25, 0.3) is 0 Å². The highest BCUT2D eigenvalue weighted by molar-refractivity contribution is 7.72. The highest BCUT2D eigenvalue weighted by Crippen LogP contribution is 2.34. The number of rotatable bonds is 4. The maximum atomic E-state index is 5.79. The molecule has 3 rings (SSSR count). The second-order valence-corrected chi connectivity index (χ2v) is 5.75. The molecule has 1 aromatic carbocycles. The summed E-state index contributed by atoms with van der Waals surface area (Å²) < 4.78 is 13.7. The third-order valence-corrected chi connectivity index (χ3v) is 3.85. The summed E-state index contributed by atoms with van der Waals surface area (Å²) >= 11 is 10.2. The molecule has 0 amide bonds. The summed E-state index contributed by atoms with van der Waals surface area (Å²) in [7, 11) is 0. The normalized spacial score (nSPS) is 16.7. The SMILES string of the molecule is CCOc1cc2c(cc1/C=N\n1c(=S)[nH][nH]c1=S)O[C@H](C)C2. The Morgan fingerprint density at radius 3 is 2.82 bits per heavy atom. The molecular formula is C14H16N4O2S2. The van der Waals surface area contributed by atoms with Crippen LogP contribution < -0.4 is 9.47 Å². The number of nitrogens with one attached hydrogen (secondary N) is 2. The van der Waals surface area contributed by atoms with Gasteiger partial charge < -0.3 is 9.47 Å². The molecule has 0 unspecified atom stereocenters. The molecule has 0 fully saturated rings. The molecular weight excluding hydrogens is 320 g/mol. The number of hydrogen-bond donors (Lipinski definition) is 2. The van der Waals surface area contributed by atoms with Gasteiger partial charge in [0.05, 0.1) is 12.8 Å². The van der Waals surface area contributed by atoms with Crippen LogP contribution in [0.5, 0.6) is 11.5 Å². The summed E-state index contributed by atoms with van der Waals surface area (Å²) in [5, 5.41) is 9.79. The van der Waals surface area contributed by atoms with Crippen LogP contribution in [-0.2, 0) is 6.42 Å². The Balaban J connectivity index is 2.01. The molecule has 6 nitrogen and oxygen atoms in total. The van der Waals surface area contributed by atoms with Crippen LogP contribution in [0, 0.1) is 9.54 Å². The van der Waals surface area contributed by atoms with Gasteiger partial charge in [-0.15, -0.1) is 0 Å². The van der Waals surface area contributed by atoms with Gasteiger partial charge in [-0.2, -0.15) is 9.78 Å². The first-order chi connectivity index (χ1) is 10.6. The average molecular weight is 336 g/mol. The Bertz CT molecular complexity index is 807. The van der Waals surface area contributed by atoms with E-state index < -0.39 is 0 Å². The molecule has 2 heterocycles. The van der Waals surface area contributed by atoms with Crippen molar-refractivity contribution in [3.8, 4) is 11.5 Å². The molecule has 0 aliphatic carbocycles. The lowest BCUT2D eigenvalue weighted by Crippen LogP contribution is -2.05. The van der Waals surface area contributed by atoms with Gasteiger partial charge in [0.1, 0.15) is 17.6 Å². The molecule has 0 saturated carbocycles. The first-order valence-electron chi connectivity index (χ1n) is 6.99. The number of nitrogens with zero attached hydrogens (tertiary/aromatic N) is 2. The number of aromatic nitrogens is 3. The van der Waals surface area contributed by atoms with Crippen molar-refractivity contribution >= 4 is 30.7 Å². The second kappa shape index (κ2) is 6.05. The van der Waals surface area contributed by atoms with Crippen LogP contribution in [0.1, 0.15) is 25.0 Å². The predicted molar refractivity (Wildman–Crippen MR) is 89.2 cm³/mol. The number of H-pyrrole nitrogens is 2. The molecule has 2 aromatic rings. The molecule has 0 spiro atoms. The molecule has 0 bridgehead atoms.